The molecular formula is C20H21ClN2O3S2. The second-order valence-electron chi connectivity index (χ2n) is 6.48. The number of carbonyl (C=O) groups excluding carboxylic acids is 1. The van der Waals surface area contributed by atoms with E-state index in [1.807, 2.05) is 29.6 Å². The summed E-state index contributed by atoms with van der Waals surface area (Å²) in [5, 5.41) is 5.17. The van der Waals surface area contributed by atoms with Crippen LogP contribution in [0.4, 0.5) is 5.13 Å². The highest BCUT2D eigenvalue weighted by Crippen LogP contribution is 2.32. The van der Waals surface area contributed by atoms with E-state index in [9.17, 15) is 4.79 Å². The van der Waals surface area contributed by atoms with Crippen molar-refractivity contribution in [3.05, 3.63) is 46.1 Å². The summed E-state index contributed by atoms with van der Waals surface area (Å²) >= 11 is 8.76. The maximum atomic E-state index is 12.1. The third-order valence-electron chi connectivity index (χ3n) is 3.72. The summed E-state index contributed by atoms with van der Waals surface area (Å²) in [6.07, 6.45) is 0.987. The molecule has 0 saturated heterocycles. The van der Waals surface area contributed by atoms with E-state index in [-0.39, 0.29) is 12.5 Å². The van der Waals surface area contributed by atoms with E-state index in [0.717, 1.165) is 22.7 Å². The molecule has 1 aromatic carbocycles. The molecule has 148 valence electrons. The minimum atomic E-state index is -0.267. The molecule has 0 saturated carbocycles. The quantitative estimate of drug-likeness (QED) is 0.449. The van der Waals surface area contributed by atoms with Gasteiger partial charge in [0, 0.05) is 11.4 Å². The van der Waals surface area contributed by atoms with Crippen LogP contribution in [0, 0.1) is 5.92 Å². The van der Waals surface area contributed by atoms with Crippen molar-refractivity contribution in [3.8, 4) is 22.1 Å². The van der Waals surface area contributed by atoms with Gasteiger partial charge in [-0.25, -0.2) is 4.98 Å². The topological polar surface area (TPSA) is 60.5 Å². The fourth-order valence-electron chi connectivity index (χ4n) is 2.27. The van der Waals surface area contributed by atoms with Gasteiger partial charge in [-0.15, -0.1) is 22.7 Å². The van der Waals surface area contributed by atoms with Gasteiger partial charge in [-0.2, -0.15) is 0 Å². The number of nitrogens with zero attached hydrogens (tertiary/aromatic N) is 1. The molecule has 28 heavy (non-hydrogen) atoms. The number of hydrogen-bond acceptors (Lipinski definition) is 6. The van der Waals surface area contributed by atoms with Crippen LogP contribution >= 0.6 is 34.3 Å². The molecule has 0 unspecified atom stereocenters. The number of carbonyl (C=O) groups is 1. The minimum Gasteiger partial charge on any atom is -0.493 e. The van der Waals surface area contributed by atoms with Crippen molar-refractivity contribution in [3.63, 3.8) is 0 Å². The third kappa shape index (κ3) is 6.22. The van der Waals surface area contributed by atoms with Crippen LogP contribution in [-0.4, -0.2) is 24.1 Å². The summed E-state index contributed by atoms with van der Waals surface area (Å²) in [6.45, 7) is 4.86. The Labute approximate surface area is 177 Å². The maximum absolute atomic E-state index is 12.1. The van der Waals surface area contributed by atoms with Gasteiger partial charge in [0.05, 0.1) is 21.5 Å². The summed E-state index contributed by atoms with van der Waals surface area (Å²) in [5.74, 6) is 1.64. The number of ether oxygens (including phenoxy) is 2. The molecule has 2 heterocycles. The van der Waals surface area contributed by atoms with Crippen LogP contribution in [0.2, 0.25) is 4.34 Å². The number of hydrogen-bond donors (Lipinski definition) is 1. The number of thiazole rings is 1. The van der Waals surface area contributed by atoms with E-state index in [1.54, 1.807) is 12.1 Å². The van der Waals surface area contributed by atoms with Crippen molar-refractivity contribution < 1.29 is 14.3 Å². The Morgan fingerprint density at radius 2 is 2.00 bits per heavy atom. The molecule has 3 aromatic rings. The van der Waals surface area contributed by atoms with E-state index >= 15 is 0 Å². The lowest BCUT2D eigenvalue weighted by Crippen LogP contribution is -2.20. The molecule has 0 fully saturated rings. The Morgan fingerprint density at radius 1 is 1.21 bits per heavy atom. The van der Waals surface area contributed by atoms with Crippen molar-refractivity contribution in [2.24, 2.45) is 5.92 Å². The zero-order chi connectivity index (χ0) is 19.9. The molecule has 0 aliphatic heterocycles. The van der Waals surface area contributed by atoms with Crippen LogP contribution in [0.3, 0.4) is 0 Å². The first kappa shape index (κ1) is 20.6. The normalized spacial score (nSPS) is 10.9. The second kappa shape index (κ2) is 9.91. The molecule has 0 aliphatic carbocycles. The average Bonchev–Trinajstić information content (AvgIpc) is 3.29. The largest absolute Gasteiger partial charge is 0.493 e. The second-order valence-corrected chi connectivity index (χ2v) is 9.06. The first-order valence-electron chi connectivity index (χ1n) is 8.86. The van der Waals surface area contributed by atoms with Gasteiger partial charge in [0.1, 0.15) is 11.5 Å². The number of thiophene rings is 1. The monoisotopic (exact) mass is 436 g/mol. The van der Waals surface area contributed by atoms with Gasteiger partial charge >= 0.3 is 0 Å². The van der Waals surface area contributed by atoms with Crippen LogP contribution in [0.15, 0.2) is 41.8 Å². The minimum absolute atomic E-state index is 0.102. The highest BCUT2D eigenvalue weighted by Gasteiger charge is 2.10. The number of nitrogens with one attached hydrogen (secondary N) is 1. The van der Waals surface area contributed by atoms with E-state index in [2.05, 4.69) is 24.1 Å². The van der Waals surface area contributed by atoms with Crippen LogP contribution in [0.25, 0.3) is 10.6 Å². The van der Waals surface area contributed by atoms with Crippen molar-refractivity contribution in [2.75, 3.05) is 18.5 Å². The zero-order valence-electron chi connectivity index (χ0n) is 15.6. The summed E-state index contributed by atoms with van der Waals surface area (Å²) in [4.78, 5) is 17.5. The molecule has 0 spiro atoms. The van der Waals surface area contributed by atoms with Gasteiger partial charge in [-0.1, -0.05) is 31.5 Å². The number of amides is 1. The van der Waals surface area contributed by atoms with Gasteiger partial charge in [-0.05, 0) is 36.6 Å². The van der Waals surface area contributed by atoms with Gasteiger partial charge in [-0.3, -0.25) is 10.1 Å². The summed E-state index contributed by atoms with van der Waals surface area (Å²) in [6, 6.07) is 11.0. The molecule has 5 nitrogen and oxygen atoms in total. The zero-order valence-corrected chi connectivity index (χ0v) is 18.0. The Kier molecular flexibility index (Phi) is 7.30. The lowest BCUT2D eigenvalue weighted by atomic mass is 10.1. The molecule has 1 N–H and O–H groups in total. The van der Waals surface area contributed by atoms with Crippen LogP contribution < -0.4 is 14.8 Å². The summed E-state index contributed by atoms with van der Waals surface area (Å²) < 4.78 is 12.0. The van der Waals surface area contributed by atoms with Gasteiger partial charge in [0.15, 0.2) is 11.7 Å². The van der Waals surface area contributed by atoms with Crippen molar-refractivity contribution in [1.82, 2.24) is 4.98 Å². The molecule has 0 bridgehead atoms. The molecule has 0 atom stereocenters. The van der Waals surface area contributed by atoms with E-state index in [1.165, 1.54) is 22.7 Å². The van der Waals surface area contributed by atoms with E-state index in [4.69, 9.17) is 21.1 Å². The van der Waals surface area contributed by atoms with Gasteiger partial charge < -0.3 is 9.47 Å². The van der Waals surface area contributed by atoms with Crippen LogP contribution in [0.5, 0.6) is 11.5 Å². The Balaban J connectivity index is 1.48. The summed E-state index contributed by atoms with van der Waals surface area (Å²) in [5.41, 5.74) is 0.796. The summed E-state index contributed by atoms with van der Waals surface area (Å²) in [7, 11) is 0. The SMILES string of the molecule is CC(C)CCOc1cccc(OCC(=O)Nc2nc(-c3ccc(Cl)s3)cs2)c1. The van der Waals surface area contributed by atoms with E-state index in [0.29, 0.717) is 27.7 Å². The van der Waals surface area contributed by atoms with Gasteiger partial charge in [0.25, 0.3) is 5.91 Å². The highest BCUT2D eigenvalue weighted by molar-refractivity contribution is 7.20. The van der Waals surface area contributed by atoms with Crippen molar-refractivity contribution >= 4 is 45.3 Å². The first-order chi connectivity index (χ1) is 13.5. The van der Waals surface area contributed by atoms with Gasteiger partial charge in [0.2, 0.25) is 0 Å². The lowest BCUT2D eigenvalue weighted by Gasteiger charge is -2.10. The van der Waals surface area contributed by atoms with Crippen molar-refractivity contribution in [1.29, 1.82) is 0 Å². The third-order valence-corrected chi connectivity index (χ3v) is 5.73. The predicted molar refractivity (Wildman–Crippen MR) is 116 cm³/mol. The number of rotatable bonds is 9. The number of anilines is 1. The molecular weight excluding hydrogens is 416 g/mol. The molecule has 1 amide bonds. The first-order valence-corrected chi connectivity index (χ1v) is 10.9. The Hall–Kier alpha value is -2.09. The van der Waals surface area contributed by atoms with Crippen molar-refractivity contribution in [2.45, 2.75) is 20.3 Å². The highest BCUT2D eigenvalue weighted by atomic mass is 35.5. The Bertz CT molecular complexity index is 924. The van der Waals surface area contributed by atoms with E-state index < -0.39 is 0 Å². The number of aromatic nitrogens is 1. The van der Waals surface area contributed by atoms with Crippen LogP contribution in [-0.2, 0) is 4.79 Å². The maximum Gasteiger partial charge on any atom is 0.264 e. The molecule has 0 radical (unpaired) electrons. The molecule has 2 aromatic heterocycles. The number of benzene rings is 1. The fraction of sp³-hybridized carbons (Fsp3) is 0.300. The molecule has 3 rings (SSSR count). The van der Waals surface area contributed by atoms with Crippen LogP contribution in [0.1, 0.15) is 20.3 Å². The smallest absolute Gasteiger partial charge is 0.264 e. The lowest BCUT2D eigenvalue weighted by molar-refractivity contribution is -0.118. The molecule has 8 heteroatoms. The average molecular weight is 437 g/mol. The number of halogens is 1. The molecule has 0 aliphatic rings. The predicted octanol–water partition coefficient (Wildman–Crippen LogP) is 5.97. The Morgan fingerprint density at radius 3 is 2.71 bits per heavy atom. The standard InChI is InChI=1S/C20H21ClN2O3S2/c1-13(2)8-9-25-14-4-3-5-15(10-14)26-11-19(24)23-20-22-16(12-27-20)17-6-7-18(21)28-17/h3-7,10,12-13H,8-9,11H2,1-2H3,(H,22,23,24). The fourth-order valence-corrected chi connectivity index (χ4v) is 4.07.